The molecule has 0 bridgehead atoms. The Morgan fingerprint density at radius 2 is 1.97 bits per heavy atom. The minimum Gasteiger partial charge on any atom is -0.373 e. The first-order valence-corrected chi connectivity index (χ1v) is 11.5. The van der Waals surface area contributed by atoms with Crippen LogP contribution in [0.1, 0.15) is 24.8 Å². The number of carbonyl (C=O) groups is 2. The number of hydrazine groups is 1. The maximum atomic E-state index is 13.2. The smallest absolute Gasteiger partial charge is 0.373 e. The lowest BCUT2D eigenvalue weighted by Gasteiger charge is -2.35. The Morgan fingerprint density at radius 3 is 2.63 bits per heavy atom. The molecule has 2 unspecified atom stereocenters. The third-order valence-electron chi connectivity index (χ3n) is 6.45. The second-order valence-corrected chi connectivity index (χ2v) is 8.81. The first kappa shape index (κ1) is 25.2. The SMILES string of the molecule is N#Cc1ccc(N2CCN(C(=O)C[C@H]3CC[C@@H](COC4CNNC(=O)C4C(F)(F)F)O3)CC2)nc1. The number of amides is 2. The number of hydrogen-bond acceptors (Lipinski definition) is 8. The van der Waals surface area contributed by atoms with Crippen LogP contribution in [0.4, 0.5) is 19.0 Å². The van der Waals surface area contributed by atoms with Gasteiger partial charge in [0.25, 0.3) is 0 Å². The van der Waals surface area contributed by atoms with Gasteiger partial charge in [-0.1, -0.05) is 0 Å². The van der Waals surface area contributed by atoms with Crippen molar-refractivity contribution in [3.8, 4) is 6.07 Å². The van der Waals surface area contributed by atoms with Gasteiger partial charge in [0.15, 0.2) is 5.92 Å². The van der Waals surface area contributed by atoms with E-state index in [0.29, 0.717) is 44.6 Å². The summed E-state index contributed by atoms with van der Waals surface area (Å²) in [6.07, 6.45) is -3.89. The number of nitrogens with one attached hydrogen (secondary N) is 2. The van der Waals surface area contributed by atoms with Crippen LogP contribution in [-0.2, 0) is 19.1 Å². The van der Waals surface area contributed by atoms with E-state index in [-0.39, 0.29) is 31.6 Å². The van der Waals surface area contributed by atoms with Crippen LogP contribution in [0.5, 0.6) is 0 Å². The van der Waals surface area contributed by atoms with Gasteiger partial charge < -0.3 is 19.3 Å². The summed E-state index contributed by atoms with van der Waals surface area (Å²) < 4.78 is 50.9. The van der Waals surface area contributed by atoms with Gasteiger partial charge in [-0.3, -0.25) is 15.0 Å². The number of nitriles is 1. The molecule has 2 N–H and O–H groups in total. The van der Waals surface area contributed by atoms with Gasteiger partial charge in [0.2, 0.25) is 11.8 Å². The zero-order valence-electron chi connectivity index (χ0n) is 19.0. The number of halogens is 3. The van der Waals surface area contributed by atoms with Crippen LogP contribution in [0.3, 0.4) is 0 Å². The van der Waals surface area contributed by atoms with E-state index in [1.807, 2.05) is 11.5 Å². The van der Waals surface area contributed by atoms with Gasteiger partial charge in [-0.05, 0) is 25.0 Å². The Balaban J connectivity index is 1.19. The number of piperazine rings is 1. The van der Waals surface area contributed by atoms with Gasteiger partial charge in [0.1, 0.15) is 11.9 Å². The molecule has 35 heavy (non-hydrogen) atoms. The average Bonchev–Trinajstić information content (AvgIpc) is 3.29. The number of ether oxygens (including phenoxy) is 2. The van der Waals surface area contributed by atoms with Gasteiger partial charge in [0, 0.05) is 38.9 Å². The summed E-state index contributed by atoms with van der Waals surface area (Å²) in [5.41, 5.74) is 4.90. The number of alkyl halides is 3. The Bertz CT molecular complexity index is 946. The van der Waals surface area contributed by atoms with Crippen molar-refractivity contribution in [3.05, 3.63) is 23.9 Å². The molecule has 0 saturated carbocycles. The molecule has 1 aromatic heterocycles. The Kier molecular flexibility index (Phi) is 7.73. The minimum absolute atomic E-state index is 0.0331. The lowest BCUT2D eigenvalue weighted by atomic mass is 9.99. The highest BCUT2D eigenvalue weighted by molar-refractivity contribution is 5.80. The number of pyridine rings is 1. The maximum absolute atomic E-state index is 13.2. The first-order chi connectivity index (χ1) is 16.7. The molecule has 10 nitrogen and oxygen atoms in total. The van der Waals surface area contributed by atoms with Crippen molar-refractivity contribution in [2.75, 3.05) is 44.2 Å². The highest BCUT2D eigenvalue weighted by Crippen LogP contribution is 2.32. The zero-order valence-corrected chi connectivity index (χ0v) is 19.0. The fraction of sp³-hybridized carbons (Fsp3) is 0.636. The molecule has 4 rings (SSSR count). The molecule has 0 aliphatic carbocycles. The van der Waals surface area contributed by atoms with Crippen LogP contribution < -0.4 is 15.8 Å². The van der Waals surface area contributed by atoms with Gasteiger partial charge in [-0.15, -0.1) is 0 Å². The third kappa shape index (κ3) is 6.19. The molecule has 1 aromatic rings. The highest BCUT2D eigenvalue weighted by Gasteiger charge is 2.52. The summed E-state index contributed by atoms with van der Waals surface area (Å²) in [4.78, 5) is 32.5. The standard InChI is InChI=1S/C22H27F3N6O4/c23-22(24,25)20-17(12-28-29-21(20)33)34-13-16-3-2-15(35-16)9-19(32)31-7-5-30(6-8-31)18-4-1-14(10-26)11-27-18/h1,4,11,15-17,20,28H,2-3,5-9,12-13H2,(H,29,33)/t15-,16+,17?,20?/m1/s1. The number of nitrogens with zero attached hydrogens (tertiary/aromatic N) is 4. The maximum Gasteiger partial charge on any atom is 0.403 e. The number of aromatic nitrogens is 1. The van der Waals surface area contributed by atoms with E-state index < -0.39 is 30.2 Å². The minimum atomic E-state index is -4.71. The predicted molar refractivity (Wildman–Crippen MR) is 116 cm³/mol. The quantitative estimate of drug-likeness (QED) is 0.592. The third-order valence-corrected chi connectivity index (χ3v) is 6.45. The molecule has 3 fully saturated rings. The van der Waals surface area contributed by atoms with Crippen molar-refractivity contribution in [3.63, 3.8) is 0 Å². The highest BCUT2D eigenvalue weighted by atomic mass is 19.4. The summed E-state index contributed by atoms with van der Waals surface area (Å²) >= 11 is 0. The van der Waals surface area contributed by atoms with Crippen molar-refractivity contribution in [1.82, 2.24) is 20.7 Å². The van der Waals surface area contributed by atoms with E-state index >= 15 is 0 Å². The molecule has 0 aromatic carbocycles. The summed E-state index contributed by atoms with van der Waals surface area (Å²) in [6, 6.07) is 5.53. The average molecular weight is 496 g/mol. The van der Waals surface area contributed by atoms with Crippen LogP contribution in [-0.4, -0.2) is 85.5 Å². The van der Waals surface area contributed by atoms with Crippen LogP contribution in [0, 0.1) is 17.2 Å². The van der Waals surface area contributed by atoms with Gasteiger partial charge in [-0.25, -0.2) is 10.4 Å². The van der Waals surface area contributed by atoms with Crippen molar-refractivity contribution in [1.29, 1.82) is 5.26 Å². The van der Waals surface area contributed by atoms with E-state index in [9.17, 15) is 22.8 Å². The summed E-state index contributed by atoms with van der Waals surface area (Å²) in [7, 11) is 0. The van der Waals surface area contributed by atoms with Gasteiger partial charge in [-0.2, -0.15) is 18.4 Å². The second-order valence-electron chi connectivity index (χ2n) is 8.81. The van der Waals surface area contributed by atoms with Crippen LogP contribution in [0.15, 0.2) is 18.3 Å². The number of anilines is 1. The number of hydrogen-bond donors (Lipinski definition) is 2. The summed E-state index contributed by atoms with van der Waals surface area (Å²) in [5.74, 6) is -2.67. The molecule has 4 heterocycles. The largest absolute Gasteiger partial charge is 0.403 e. The van der Waals surface area contributed by atoms with Crippen LogP contribution in [0.2, 0.25) is 0 Å². The van der Waals surface area contributed by atoms with Crippen molar-refractivity contribution in [2.45, 2.75) is 43.8 Å². The Hall–Kier alpha value is -2.95. The molecule has 2 amide bonds. The Morgan fingerprint density at radius 1 is 1.23 bits per heavy atom. The lowest BCUT2D eigenvalue weighted by molar-refractivity contribution is -0.215. The molecule has 0 radical (unpaired) electrons. The normalized spacial score (nSPS) is 27.4. The molecular weight excluding hydrogens is 469 g/mol. The van der Waals surface area contributed by atoms with Crippen LogP contribution >= 0.6 is 0 Å². The topological polar surface area (TPSA) is 120 Å². The fourth-order valence-corrected chi connectivity index (χ4v) is 4.55. The molecule has 190 valence electrons. The van der Waals surface area contributed by atoms with E-state index in [1.54, 1.807) is 17.0 Å². The van der Waals surface area contributed by atoms with Crippen molar-refractivity contribution in [2.24, 2.45) is 5.92 Å². The molecule has 3 aliphatic heterocycles. The monoisotopic (exact) mass is 496 g/mol. The lowest BCUT2D eigenvalue weighted by Crippen LogP contribution is -2.60. The van der Waals surface area contributed by atoms with Crippen molar-refractivity contribution >= 4 is 17.6 Å². The molecular formula is C22H27F3N6O4. The predicted octanol–water partition coefficient (Wildman–Crippen LogP) is 0.738. The van der Waals surface area contributed by atoms with E-state index in [1.165, 1.54) is 6.20 Å². The van der Waals surface area contributed by atoms with E-state index in [0.717, 1.165) is 5.82 Å². The van der Waals surface area contributed by atoms with Crippen LogP contribution in [0.25, 0.3) is 0 Å². The van der Waals surface area contributed by atoms with E-state index in [2.05, 4.69) is 15.3 Å². The summed E-state index contributed by atoms with van der Waals surface area (Å²) in [6.45, 7) is 2.08. The fourth-order valence-electron chi connectivity index (χ4n) is 4.55. The van der Waals surface area contributed by atoms with Crippen molar-refractivity contribution < 1.29 is 32.2 Å². The molecule has 3 saturated heterocycles. The number of carbonyl (C=O) groups excluding carboxylic acids is 2. The second kappa shape index (κ2) is 10.8. The Labute approximate surface area is 200 Å². The molecule has 0 spiro atoms. The van der Waals surface area contributed by atoms with Gasteiger partial charge >= 0.3 is 6.18 Å². The zero-order chi connectivity index (χ0) is 25.0. The summed E-state index contributed by atoms with van der Waals surface area (Å²) in [5, 5.41) is 8.88. The first-order valence-electron chi connectivity index (χ1n) is 11.5. The molecule has 4 atom stereocenters. The number of rotatable bonds is 6. The van der Waals surface area contributed by atoms with E-state index in [4.69, 9.17) is 14.7 Å². The molecule has 13 heteroatoms. The van der Waals surface area contributed by atoms with Gasteiger partial charge in [0.05, 0.1) is 36.9 Å². The molecule has 3 aliphatic rings.